The number of aliphatic hydroxyl groups is 1. The third kappa shape index (κ3) is 2.96. The molecule has 1 aromatic carbocycles. The van der Waals surface area contributed by atoms with Crippen molar-refractivity contribution in [3.05, 3.63) is 29.3 Å². The van der Waals surface area contributed by atoms with E-state index in [1.165, 1.54) is 7.11 Å². The molecular weight excluding hydrogens is 216 g/mol. The minimum absolute atomic E-state index is 0.164. The van der Waals surface area contributed by atoms with E-state index in [0.717, 1.165) is 0 Å². The van der Waals surface area contributed by atoms with Gasteiger partial charge in [-0.15, -0.1) is 0 Å². The average Bonchev–Trinajstić information content (AvgIpc) is 2.35. The molecule has 0 aromatic heterocycles. The molecule has 4 heteroatoms. The number of hydrogen-bond acceptors (Lipinski definition) is 4. The number of rotatable bonds is 4. The molecular formula is C13H18N2O2. The van der Waals surface area contributed by atoms with Gasteiger partial charge in [0.25, 0.3) is 0 Å². The molecule has 2 unspecified atom stereocenters. The predicted octanol–water partition coefficient (Wildman–Crippen LogP) is 1.58. The molecule has 17 heavy (non-hydrogen) atoms. The Morgan fingerprint density at radius 1 is 1.41 bits per heavy atom. The van der Waals surface area contributed by atoms with Gasteiger partial charge in [0.1, 0.15) is 11.8 Å². The van der Waals surface area contributed by atoms with Crippen LogP contribution in [0.4, 0.5) is 0 Å². The maximum Gasteiger partial charge on any atom is 0.136 e. The Hall–Kier alpha value is -1.57. The summed E-state index contributed by atoms with van der Waals surface area (Å²) >= 11 is 0. The van der Waals surface area contributed by atoms with Crippen LogP contribution >= 0.6 is 0 Å². The molecule has 0 fully saturated rings. The summed E-state index contributed by atoms with van der Waals surface area (Å²) in [7, 11) is 1.51. The van der Waals surface area contributed by atoms with Gasteiger partial charge in [0, 0.05) is 6.04 Å². The molecule has 0 heterocycles. The summed E-state index contributed by atoms with van der Waals surface area (Å²) in [5, 5.41) is 19.0. The number of nitriles is 1. The van der Waals surface area contributed by atoms with Gasteiger partial charge in [-0.3, -0.25) is 0 Å². The topological polar surface area (TPSA) is 79.3 Å². The van der Waals surface area contributed by atoms with Gasteiger partial charge in [-0.2, -0.15) is 5.26 Å². The highest BCUT2D eigenvalue weighted by Gasteiger charge is 2.20. The zero-order valence-corrected chi connectivity index (χ0v) is 10.3. The number of methoxy groups -OCH3 is 1. The van der Waals surface area contributed by atoms with Crippen molar-refractivity contribution in [2.45, 2.75) is 26.0 Å². The minimum atomic E-state index is -0.770. The molecule has 92 valence electrons. The van der Waals surface area contributed by atoms with Crippen LogP contribution in [-0.4, -0.2) is 18.3 Å². The second kappa shape index (κ2) is 5.67. The fraction of sp³-hybridized carbons (Fsp3) is 0.462. The van der Waals surface area contributed by atoms with Gasteiger partial charge in [0.2, 0.25) is 0 Å². The first-order valence-corrected chi connectivity index (χ1v) is 5.53. The highest BCUT2D eigenvalue weighted by Crippen LogP contribution is 2.25. The lowest BCUT2D eigenvalue weighted by molar-refractivity contribution is 0.125. The van der Waals surface area contributed by atoms with Crippen molar-refractivity contribution < 1.29 is 9.84 Å². The molecule has 0 saturated heterocycles. The Kier molecular flexibility index (Phi) is 4.50. The van der Waals surface area contributed by atoms with E-state index in [1.807, 2.05) is 19.9 Å². The fourth-order valence-electron chi connectivity index (χ4n) is 1.58. The third-order valence-corrected chi connectivity index (χ3v) is 2.82. The van der Waals surface area contributed by atoms with E-state index < -0.39 is 6.10 Å². The molecule has 4 nitrogen and oxygen atoms in total. The van der Waals surface area contributed by atoms with E-state index in [-0.39, 0.29) is 12.0 Å². The van der Waals surface area contributed by atoms with E-state index in [4.69, 9.17) is 15.7 Å². The van der Waals surface area contributed by atoms with E-state index in [9.17, 15) is 5.11 Å². The summed E-state index contributed by atoms with van der Waals surface area (Å²) in [6, 6.07) is 6.70. The van der Waals surface area contributed by atoms with Crippen molar-refractivity contribution in [3.8, 4) is 11.8 Å². The van der Waals surface area contributed by atoms with Crippen molar-refractivity contribution in [3.63, 3.8) is 0 Å². The van der Waals surface area contributed by atoms with Crippen LogP contribution in [0.3, 0.4) is 0 Å². The van der Waals surface area contributed by atoms with Crippen LogP contribution in [0.15, 0.2) is 18.2 Å². The molecule has 0 aliphatic carbocycles. The monoisotopic (exact) mass is 234 g/mol. The first-order valence-electron chi connectivity index (χ1n) is 5.53. The van der Waals surface area contributed by atoms with Crippen LogP contribution in [0.2, 0.25) is 0 Å². The summed E-state index contributed by atoms with van der Waals surface area (Å²) in [6.07, 6.45) is -0.770. The highest BCUT2D eigenvalue weighted by molar-refractivity contribution is 5.46. The Morgan fingerprint density at radius 2 is 2.06 bits per heavy atom. The Balaban J connectivity index is 3.04. The van der Waals surface area contributed by atoms with Crippen LogP contribution in [0.25, 0.3) is 0 Å². The van der Waals surface area contributed by atoms with Crippen LogP contribution in [0, 0.1) is 17.2 Å². The lowest BCUT2D eigenvalue weighted by atomic mass is 9.93. The number of benzene rings is 1. The Bertz CT molecular complexity index is 424. The molecule has 1 aromatic rings. The van der Waals surface area contributed by atoms with Gasteiger partial charge in [-0.25, -0.2) is 0 Å². The first-order chi connectivity index (χ1) is 8.01. The van der Waals surface area contributed by atoms with Gasteiger partial charge < -0.3 is 15.6 Å². The first kappa shape index (κ1) is 13.5. The van der Waals surface area contributed by atoms with Crippen molar-refractivity contribution in [1.29, 1.82) is 5.26 Å². The standard InChI is InChI=1S/C13H18N2O2/c1-8(2)12(15)13(16)9-4-5-11(17-3)10(6-9)7-14/h4-6,8,12-13,16H,15H2,1-3H3. The van der Waals surface area contributed by atoms with Crippen molar-refractivity contribution in [2.24, 2.45) is 11.7 Å². The molecule has 0 bridgehead atoms. The van der Waals surface area contributed by atoms with Crippen LogP contribution < -0.4 is 10.5 Å². The molecule has 0 spiro atoms. The van der Waals surface area contributed by atoms with Gasteiger partial charge in [0.15, 0.2) is 0 Å². The molecule has 0 saturated carbocycles. The highest BCUT2D eigenvalue weighted by atomic mass is 16.5. The molecule has 0 radical (unpaired) electrons. The lowest BCUT2D eigenvalue weighted by Crippen LogP contribution is -2.33. The fourth-order valence-corrected chi connectivity index (χ4v) is 1.58. The van der Waals surface area contributed by atoms with E-state index >= 15 is 0 Å². The van der Waals surface area contributed by atoms with Crippen molar-refractivity contribution >= 4 is 0 Å². The van der Waals surface area contributed by atoms with Crippen LogP contribution in [0.5, 0.6) is 5.75 Å². The Labute approximate surface area is 102 Å². The second-order valence-corrected chi connectivity index (χ2v) is 4.34. The lowest BCUT2D eigenvalue weighted by Gasteiger charge is -2.22. The van der Waals surface area contributed by atoms with Gasteiger partial charge >= 0.3 is 0 Å². The van der Waals surface area contributed by atoms with E-state index in [0.29, 0.717) is 16.9 Å². The van der Waals surface area contributed by atoms with Crippen molar-refractivity contribution in [1.82, 2.24) is 0 Å². The van der Waals surface area contributed by atoms with Gasteiger partial charge in [-0.1, -0.05) is 19.9 Å². The summed E-state index contributed by atoms with van der Waals surface area (Å²) in [5.41, 5.74) is 6.93. The average molecular weight is 234 g/mol. The Morgan fingerprint density at radius 3 is 2.53 bits per heavy atom. The zero-order valence-electron chi connectivity index (χ0n) is 10.3. The van der Waals surface area contributed by atoms with Gasteiger partial charge in [0.05, 0.1) is 18.8 Å². The van der Waals surface area contributed by atoms with E-state index in [1.54, 1.807) is 18.2 Å². The quantitative estimate of drug-likeness (QED) is 0.829. The summed E-state index contributed by atoms with van der Waals surface area (Å²) in [5.74, 6) is 0.666. The zero-order chi connectivity index (χ0) is 13.0. The van der Waals surface area contributed by atoms with E-state index in [2.05, 4.69) is 0 Å². The number of nitrogens with zero attached hydrogens (tertiary/aromatic N) is 1. The predicted molar refractivity (Wildman–Crippen MR) is 65.5 cm³/mol. The smallest absolute Gasteiger partial charge is 0.136 e. The molecule has 2 atom stereocenters. The number of aliphatic hydroxyl groups excluding tert-OH is 1. The maximum atomic E-state index is 10.1. The third-order valence-electron chi connectivity index (χ3n) is 2.82. The molecule has 0 aliphatic heterocycles. The van der Waals surface area contributed by atoms with Crippen molar-refractivity contribution in [2.75, 3.05) is 7.11 Å². The normalized spacial score (nSPS) is 14.2. The second-order valence-electron chi connectivity index (χ2n) is 4.34. The van der Waals surface area contributed by atoms with Crippen LogP contribution in [0.1, 0.15) is 31.1 Å². The molecule has 0 aliphatic rings. The molecule has 3 N–H and O–H groups in total. The largest absolute Gasteiger partial charge is 0.495 e. The molecule has 0 amide bonds. The summed E-state index contributed by atoms with van der Waals surface area (Å²) in [6.45, 7) is 3.89. The SMILES string of the molecule is COc1ccc(C(O)C(N)C(C)C)cc1C#N. The van der Waals surface area contributed by atoms with Gasteiger partial charge in [-0.05, 0) is 23.6 Å². The number of hydrogen-bond donors (Lipinski definition) is 2. The molecule has 1 rings (SSSR count). The number of nitrogens with two attached hydrogens (primary N) is 1. The minimum Gasteiger partial charge on any atom is -0.495 e. The summed E-state index contributed by atoms with van der Waals surface area (Å²) < 4.78 is 5.04. The maximum absolute atomic E-state index is 10.1. The number of ether oxygens (including phenoxy) is 1. The summed E-state index contributed by atoms with van der Waals surface area (Å²) in [4.78, 5) is 0. The van der Waals surface area contributed by atoms with Crippen LogP contribution in [-0.2, 0) is 0 Å².